The molecule has 0 aromatic heterocycles. The zero-order valence-electron chi connectivity index (χ0n) is 6.99. The molecule has 0 amide bonds. The topological polar surface area (TPSA) is 46.2 Å². The molecule has 0 aromatic carbocycles. The van der Waals surface area contributed by atoms with Gasteiger partial charge >= 0.3 is 0 Å². The number of aliphatic hydroxyl groups is 1. The smallest absolute Gasteiger partial charge is 0.0673 e. The van der Waals surface area contributed by atoms with Gasteiger partial charge in [0.05, 0.1) is 6.10 Å². The Morgan fingerprint density at radius 1 is 1.55 bits per heavy atom. The van der Waals surface area contributed by atoms with Gasteiger partial charge in [-0.25, -0.2) is 0 Å². The van der Waals surface area contributed by atoms with Gasteiger partial charge in [-0.2, -0.15) is 11.8 Å². The van der Waals surface area contributed by atoms with Crippen molar-refractivity contribution in [3.8, 4) is 0 Å². The molecule has 1 rings (SSSR count). The van der Waals surface area contributed by atoms with Gasteiger partial charge in [-0.15, -0.1) is 0 Å². The summed E-state index contributed by atoms with van der Waals surface area (Å²) in [5.74, 6) is 1.09. The maximum Gasteiger partial charge on any atom is 0.0673 e. The van der Waals surface area contributed by atoms with Gasteiger partial charge in [0.25, 0.3) is 0 Å². The first-order chi connectivity index (χ1) is 5.24. The molecule has 0 saturated heterocycles. The molecule has 1 aliphatic rings. The number of thioether (sulfide) groups is 1. The van der Waals surface area contributed by atoms with Gasteiger partial charge in [0.1, 0.15) is 0 Å². The first kappa shape index (κ1) is 9.36. The second-order valence-electron chi connectivity index (χ2n) is 3.13. The molecule has 66 valence electrons. The third-order valence-electron chi connectivity index (χ3n) is 2.18. The molecule has 11 heavy (non-hydrogen) atoms. The minimum absolute atomic E-state index is 0.163. The molecule has 3 N–H and O–H groups in total. The highest BCUT2D eigenvalue weighted by molar-refractivity contribution is 7.99. The standard InChI is InChI=1S/C8H17NOS/c1-2-11-8-4-3-6(9)5-7(8)10/h6-8,10H,2-5,9H2,1H3. The molecule has 3 atom stereocenters. The van der Waals surface area contributed by atoms with E-state index >= 15 is 0 Å². The Kier molecular flexibility index (Phi) is 3.69. The van der Waals surface area contributed by atoms with E-state index in [-0.39, 0.29) is 12.1 Å². The predicted octanol–water partition coefficient (Wildman–Crippen LogP) is 0.980. The molecular weight excluding hydrogens is 158 g/mol. The molecule has 1 aliphatic carbocycles. The zero-order chi connectivity index (χ0) is 8.27. The molecule has 0 aliphatic heterocycles. The van der Waals surface area contributed by atoms with Crippen LogP contribution < -0.4 is 5.73 Å². The Bertz CT molecular complexity index is 121. The van der Waals surface area contributed by atoms with Gasteiger partial charge in [0, 0.05) is 11.3 Å². The first-order valence-corrected chi connectivity index (χ1v) is 5.34. The Morgan fingerprint density at radius 2 is 2.27 bits per heavy atom. The first-order valence-electron chi connectivity index (χ1n) is 4.29. The van der Waals surface area contributed by atoms with Gasteiger partial charge in [0.15, 0.2) is 0 Å². The molecule has 0 aromatic rings. The normalized spacial score (nSPS) is 39.0. The van der Waals surface area contributed by atoms with Crippen molar-refractivity contribution >= 4 is 11.8 Å². The van der Waals surface area contributed by atoms with Crippen molar-refractivity contribution < 1.29 is 5.11 Å². The third kappa shape index (κ3) is 2.65. The SMILES string of the molecule is CCSC1CCC(N)CC1O. The van der Waals surface area contributed by atoms with Crippen molar-refractivity contribution in [2.45, 2.75) is 43.6 Å². The summed E-state index contributed by atoms with van der Waals surface area (Å²) in [7, 11) is 0. The Morgan fingerprint density at radius 3 is 2.82 bits per heavy atom. The molecule has 3 unspecified atom stereocenters. The molecule has 2 nitrogen and oxygen atoms in total. The van der Waals surface area contributed by atoms with Crippen LogP contribution in [0.2, 0.25) is 0 Å². The van der Waals surface area contributed by atoms with E-state index in [9.17, 15) is 5.11 Å². The van der Waals surface area contributed by atoms with E-state index in [4.69, 9.17) is 5.73 Å². The molecule has 1 fully saturated rings. The van der Waals surface area contributed by atoms with Crippen LogP contribution in [0, 0.1) is 0 Å². The number of rotatable bonds is 2. The lowest BCUT2D eigenvalue weighted by Gasteiger charge is -2.30. The zero-order valence-corrected chi connectivity index (χ0v) is 7.81. The molecule has 0 spiro atoms. The van der Waals surface area contributed by atoms with Crippen LogP contribution in [0.3, 0.4) is 0 Å². The molecule has 3 heteroatoms. The largest absolute Gasteiger partial charge is 0.392 e. The molecular formula is C8H17NOS. The van der Waals surface area contributed by atoms with Crippen LogP contribution in [0.5, 0.6) is 0 Å². The molecule has 1 saturated carbocycles. The second-order valence-corrected chi connectivity index (χ2v) is 4.65. The highest BCUT2D eigenvalue weighted by Gasteiger charge is 2.26. The van der Waals surface area contributed by atoms with Gasteiger partial charge < -0.3 is 10.8 Å². The van der Waals surface area contributed by atoms with Crippen LogP contribution >= 0.6 is 11.8 Å². The summed E-state index contributed by atoms with van der Waals surface area (Å²) in [6.07, 6.45) is 2.79. The fourth-order valence-electron chi connectivity index (χ4n) is 1.56. The van der Waals surface area contributed by atoms with Crippen molar-refractivity contribution in [3.05, 3.63) is 0 Å². The maximum absolute atomic E-state index is 9.57. The summed E-state index contributed by atoms with van der Waals surface area (Å²) in [5.41, 5.74) is 5.71. The number of hydrogen-bond acceptors (Lipinski definition) is 3. The van der Waals surface area contributed by atoms with Crippen molar-refractivity contribution in [1.29, 1.82) is 0 Å². The van der Waals surface area contributed by atoms with E-state index in [1.54, 1.807) is 0 Å². The number of nitrogens with two attached hydrogens (primary N) is 1. The highest BCUT2D eigenvalue weighted by Crippen LogP contribution is 2.27. The van der Waals surface area contributed by atoms with E-state index in [0.717, 1.165) is 25.0 Å². The minimum Gasteiger partial charge on any atom is -0.392 e. The van der Waals surface area contributed by atoms with E-state index in [1.807, 2.05) is 11.8 Å². The van der Waals surface area contributed by atoms with Crippen molar-refractivity contribution in [2.75, 3.05) is 5.75 Å². The average Bonchev–Trinajstić information content (AvgIpc) is 1.95. The summed E-state index contributed by atoms with van der Waals surface area (Å²) in [6.45, 7) is 2.13. The predicted molar refractivity (Wildman–Crippen MR) is 49.8 cm³/mol. The third-order valence-corrected chi connectivity index (χ3v) is 3.49. The Labute approximate surface area is 72.5 Å². The summed E-state index contributed by atoms with van der Waals surface area (Å²) in [4.78, 5) is 0. The van der Waals surface area contributed by atoms with E-state index in [1.165, 1.54) is 0 Å². The van der Waals surface area contributed by atoms with E-state index in [0.29, 0.717) is 5.25 Å². The molecule has 0 bridgehead atoms. The van der Waals surface area contributed by atoms with Gasteiger partial charge in [0.2, 0.25) is 0 Å². The Hall–Kier alpha value is 0.270. The van der Waals surface area contributed by atoms with Crippen molar-refractivity contribution in [3.63, 3.8) is 0 Å². The fraction of sp³-hybridized carbons (Fsp3) is 1.00. The lowest BCUT2D eigenvalue weighted by atomic mass is 9.93. The summed E-state index contributed by atoms with van der Waals surface area (Å²) < 4.78 is 0. The van der Waals surface area contributed by atoms with Crippen molar-refractivity contribution in [2.24, 2.45) is 5.73 Å². The van der Waals surface area contributed by atoms with Crippen LogP contribution in [-0.2, 0) is 0 Å². The van der Waals surface area contributed by atoms with Gasteiger partial charge in [-0.05, 0) is 25.0 Å². The summed E-state index contributed by atoms with van der Waals surface area (Å²) >= 11 is 1.86. The molecule has 0 heterocycles. The highest BCUT2D eigenvalue weighted by atomic mass is 32.2. The van der Waals surface area contributed by atoms with E-state index < -0.39 is 0 Å². The number of hydrogen-bond donors (Lipinski definition) is 2. The Balaban J connectivity index is 2.31. The summed E-state index contributed by atoms with van der Waals surface area (Å²) in [6, 6.07) is 0.235. The van der Waals surface area contributed by atoms with Crippen LogP contribution in [0.1, 0.15) is 26.2 Å². The van der Waals surface area contributed by atoms with Crippen LogP contribution in [0.25, 0.3) is 0 Å². The van der Waals surface area contributed by atoms with Crippen LogP contribution in [0.15, 0.2) is 0 Å². The quantitative estimate of drug-likeness (QED) is 0.657. The lowest BCUT2D eigenvalue weighted by Crippen LogP contribution is -2.38. The minimum atomic E-state index is -0.163. The summed E-state index contributed by atoms with van der Waals surface area (Å²) in [5, 5.41) is 10.0. The van der Waals surface area contributed by atoms with Gasteiger partial charge in [-0.3, -0.25) is 0 Å². The van der Waals surface area contributed by atoms with Crippen molar-refractivity contribution in [1.82, 2.24) is 0 Å². The lowest BCUT2D eigenvalue weighted by molar-refractivity contribution is 0.127. The maximum atomic E-state index is 9.57. The average molecular weight is 175 g/mol. The van der Waals surface area contributed by atoms with Crippen LogP contribution in [0.4, 0.5) is 0 Å². The van der Waals surface area contributed by atoms with Crippen LogP contribution in [-0.4, -0.2) is 28.3 Å². The second kappa shape index (κ2) is 4.33. The monoisotopic (exact) mass is 175 g/mol. The fourth-order valence-corrected chi connectivity index (χ4v) is 2.62. The van der Waals surface area contributed by atoms with E-state index in [2.05, 4.69) is 6.92 Å². The number of aliphatic hydroxyl groups excluding tert-OH is 1. The molecule has 0 radical (unpaired) electrons. The van der Waals surface area contributed by atoms with Gasteiger partial charge in [-0.1, -0.05) is 6.92 Å².